The summed E-state index contributed by atoms with van der Waals surface area (Å²) in [6, 6.07) is 7.02. The Labute approximate surface area is 188 Å². The Morgan fingerprint density at radius 1 is 1.18 bits per heavy atom. The highest BCUT2D eigenvalue weighted by atomic mass is 32.2. The third-order valence-corrected chi connectivity index (χ3v) is 7.88. The number of aromatic nitrogens is 3. The molecule has 33 heavy (non-hydrogen) atoms. The van der Waals surface area contributed by atoms with Gasteiger partial charge in [-0.3, -0.25) is 9.36 Å². The Bertz CT molecular complexity index is 1400. The van der Waals surface area contributed by atoms with E-state index in [9.17, 15) is 26.8 Å². The van der Waals surface area contributed by atoms with Crippen molar-refractivity contribution in [3.63, 3.8) is 0 Å². The molecular formula is C22H23F2N3O5S. The first-order chi connectivity index (χ1) is 15.4. The Balaban J connectivity index is 1.78. The third kappa shape index (κ3) is 4.41. The number of ether oxygens (including phenoxy) is 1. The summed E-state index contributed by atoms with van der Waals surface area (Å²) in [4.78, 5) is 30.3. The number of fused-ring (bicyclic) bond motifs is 1. The van der Waals surface area contributed by atoms with Crippen LogP contribution in [0.4, 0.5) is 8.78 Å². The fourth-order valence-electron chi connectivity index (χ4n) is 4.42. The molecule has 0 N–H and O–H groups in total. The molecule has 176 valence electrons. The zero-order valence-corrected chi connectivity index (χ0v) is 19.1. The zero-order valence-electron chi connectivity index (χ0n) is 18.3. The Hall–Kier alpha value is -3.08. The fourth-order valence-corrected chi connectivity index (χ4v) is 6.67. The number of alkyl halides is 2. The van der Waals surface area contributed by atoms with E-state index in [0.29, 0.717) is 16.6 Å². The van der Waals surface area contributed by atoms with Gasteiger partial charge in [-0.2, -0.15) is 8.78 Å². The van der Waals surface area contributed by atoms with Crippen molar-refractivity contribution in [3.05, 3.63) is 52.6 Å². The third-order valence-electron chi connectivity index (χ3n) is 5.61. The van der Waals surface area contributed by atoms with Crippen molar-refractivity contribution < 1.29 is 26.7 Å². The number of halogens is 2. The van der Waals surface area contributed by atoms with Crippen LogP contribution in [0.5, 0.6) is 5.75 Å². The van der Waals surface area contributed by atoms with Gasteiger partial charge in [0, 0.05) is 35.7 Å². The molecule has 0 aliphatic carbocycles. The van der Waals surface area contributed by atoms with Crippen LogP contribution >= 0.6 is 0 Å². The number of rotatable bonds is 7. The second-order valence-electron chi connectivity index (χ2n) is 8.96. The number of hydrogen-bond acceptors (Lipinski definition) is 6. The first-order valence-corrected chi connectivity index (χ1v) is 12.1. The van der Waals surface area contributed by atoms with Gasteiger partial charge in [0.15, 0.2) is 15.6 Å². The lowest BCUT2D eigenvalue weighted by molar-refractivity contribution is -0.0498. The topological polar surface area (TPSA) is 100 Å². The molecule has 0 saturated carbocycles. The number of hydrogen-bond donors (Lipinski definition) is 0. The second kappa shape index (κ2) is 8.05. The lowest BCUT2D eigenvalue weighted by Gasteiger charge is -2.37. The van der Waals surface area contributed by atoms with Gasteiger partial charge in [0.2, 0.25) is 0 Å². The lowest BCUT2D eigenvalue weighted by atomic mass is 9.86. The maximum atomic E-state index is 13.2. The molecule has 0 radical (unpaired) electrons. The monoisotopic (exact) mass is 479 g/mol. The van der Waals surface area contributed by atoms with Gasteiger partial charge in [-0.25, -0.2) is 22.8 Å². The van der Waals surface area contributed by atoms with Gasteiger partial charge < -0.3 is 4.74 Å². The molecule has 11 heteroatoms. The molecule has 0 atom stereocenters. The van der Waals surface area contributed by atoms with Gasteiger partial charge in [0.05, 0.1) is 22.5 Å². The average Bonchev–Trinajstić information content (AvgIpc) is 2.96. The molecule has 8 nitrogen and oxygen atoms in total. The van der Waals surface area contributed by atoms with Gasteiger partial charge in [-0.15, -0.1) is 0 Å². The standard InChI is InChI=1S/C22H23F2N3O5S/c1-13(2)26-17-8-14(18(28)10-22(3)11-33(30,31)12-22)4-5-16(17)27(21(26)29)19-9-15(6-7-25-19)32-20(23)24/h4-9,13,20H,10-12H2,1-3H3. The maximum absolute atomic E-state index is 13.2. The Morgan fingerprint density at radius 3 is 2.48 bits per heavy atom. The molecule has 4 rings (SSSR count). The van der Waals surface area contributed by atoms with Gasteiger partial charge in [0.1, 0.15) is 11.6 Å². The fraction of sp³-hybridized carbons (Fsp3) is 0.409. The molecule has 1 aromatic carbocycles. The van der Waals surface area contributed by atoms with Crippen molar-refractivity contribution >= 4 is 26.7 Å². The van der Waals surface area contributed by atoms with Crippen molar-refractivity contribution in [2.45, 2.75) is 39.8 Å². The summed E-state index contributed by atoms with van der Waals surface area (Å²) < 4.78 is 55.6. The number of ketones is 1. The van der Waals surface area contributed by atoms with Gasteiger partial charge >= 0.3 is 12.3 Å². The van der Waals surface area contributed by atoms with Crippen LogP contribution in [0.15, 0.2) is 41.3 Å². The molecule has 0 amide bonds. The van der Waals surface area contributed by atoms with E-state index >= 15 is 0 Å². The van der Waals surface area contributed by atoms with Crippen LogP contribution in [-0.2, 0) is 9.84 Å². The Morgan fingerprint density at radius 2 is 1.88 bits per heavy atom. The minimum atomic E-state index is -3.08. The summed E-state index contributed by atoms with van der Waals surface area (Å²) in [7, 11) is -3.08. The molecule has 1 fully saturated rings. The van der Waals surface area contributed by atoms with Crippen LogP contribution in [0.3, 0.4) is 0 Å². The largest absolute Gasteiger partial charge is 0.435 e. The maximum Gasteiger partial charge on any atom is 0.387 e. The number of pyridine rings is 1. The smallest absolute Gasteiger partial charge is 0.387 e. The molecule has 1 aliphatic rings. The van der Waals surface area contributed by atoms with Crippen molar-refractivity contribution in [2.24, 2.45) is 5.41 Å². The molecule has 1 saturated heterocycles. The normalized spacial score (nSPS) is 16.8. The minimum Gasteiger partial charge on any atom is -0.435 e. The van der Waals surface area contributed by atoms with Crippen LogP contribution in [0.1, 0.15) is 43.6 Å². The molecule has 0 spiro atoms. The van der Waals surface area contributed by atoms with Crippen LogP contribution in [0, 0.1) is 5.41 Å². The summed E-state index contributed by atoms with van der Waals surface area (Å²) >= 11 is 0. The highest BCUT2D eigenvalue weighted by molar-refractivity contribution is 7.92. The quantitative estimate of drug-likeness (QED) is 0.482. The van der Waals surface area contributed by atoms with Gasteiger partial charge in [0.25, 0.3) is 0 Å². The van der Waals surface area contributed by atoms with Gasteiger partial charge in [-0.1, -0.05) is 6.92 Å². The van der Waals surface area contributed by atoms with E-state index in [1.165, 1.54) is 27.5 Å². The van der Waals surface area contributed by atoms with Crippen LogP contribution in [0.25, 0.3) is 16.9 Å². The summed E-state index contributed by atoms with van der Waals surface area (Å²) in [6.07, 6.45) is 1.35. The van der Waals surface area contributed by atoms with Crippen molar-refractivity contribution in [3.8, 4) is 11.6 Å². The Kier molecular flexibility index (Phi) is 5.63. The molecule has 3 aromatic rings. The lowest BCUT2D eigenvalue weighted by Crippen LogP contribution is -2.47. The van der Waals surface area contributed by atoms with Crippen LogP contribution in [-0.4, -0.2) is 46.4 Å². The molecule has 0 unspecified atom stereocenters. The van der Waals surface area contributed by atoms with Crippen molar-refractivity contribution in [2.75, 3.05) is 11.5 Å². The van der Waals surface area contributed by atoms with E-state index in [4.69, 9.17) is 0 Å². The van der Waals surface area contributed by atoms with Crippen LogP contribution in [0.2, 0.25) is 0 Å². The number of benzene rings is 1. The van der Waals surface area contributed by atoms with Crippen LogP contribution < -0.4 is 10.4 Å². The minimum absolute atomic E-state index is 0.0240. The summed E-state index contributed by atoms with van der Waals surface area (Å²) in [5.74, 6) is -0.292. The molecule has 0 bridgehead atoms. The molecule has 1 aliphatic heterocycles. The number of nitrogens with zero attached hydrogens (tertiary/aromatic N) is 3. The molecule has 3 heterocycles. The van der Waals surface area contributed by atoms with E-state index in [1.807, 2.05) is 13.8 Å². The predicted octanol–water partition coefficient (Wildman–Crippen LogP) is 3.38. The summed E-state index contributed by atoms with van der Waals surface area (Å²) in [5.41, 5.74) is 0.257. The SMILES string of the molecule is CC(C)n1c(=O)n(-c2cc(OC(F)F)ccn2)c2ccc(C(=O)CC3(C)CS(=O)(=O)C3)cc21. The highest BCUT2D eigenvalue weighted by Crippen LogP contribution is 2.37. The number of carbonyl (C=O) groups excluding carboxylic acids is 1. The predicted molar refractivity (Wildman–Crippen MR) is 118 cm³/mol. The number of Topliss-reactive ketones (excluding diaryl/α,β-unsaturated/α-hetero) is 1. The zero-order chi connectivity index (χ0) is 24.1. The second-order valence-corrected chi connectivity index (χ2v) is 11.0. The number of carbonyl (C=O) groups is 1. The first kappa shape index (κ1) is 23.1. The van der Waals surface area contributed by atoms with E-state index in [-0.39, 0.29) is 41.3 Å². The van der Waals surface area contributed by atoms with Gasteiger partial charge in [-0.05, 0) is 38.1 Å². The summed E-state index contributed by atoms with van der Waals surface area (Å²) in [6.45, 7) is 2.37. The van der Waals surface area contributed by atoms with E-state index in [0.717, 1.165) is 0 Å². The van der Waals surface area contributed by atoms with Crippen molar-refractivity contribution in [1.82, 2.24) is 14.1 Å². The van der Waals surface area contributed by atoms with E-state index in [2.05, 4.69) is 9.72 Å². The molecular weight excluding hydrogens is 456 g/mol. The van der Waals surface area contributed by atoms with Crippen molar-refractivity contribution in [1.29, 1.82) is 0 Å². The van der Waals surface area contributed by atoms with E-state index < -0.39 is 27.6 Å². The number of sulfone groups is 1. The summed E-state index contributed by atoms with van der Waals surface area (Å²) in [5, 5.41) is 0. The van der Waals surface area contributed by atoms with E-state index in [1.54, 1.807) is 25.1 Å². The average molecular weight is 480 g/mol. The molecule has 2 aromatic heterocycles. The first-order valence-electron chi connectivity index (χ1n) is 10.3. The highest BCUT2D eigenvalue weighted by Gasteiger charge is 2.45. The number of imidazole rings is 1.